The van der Waals surface area contributed by atoms with Crippen LogP contribution in [0.2, 0.25) is 0 Å². The standard InChI is InChI=1S/C12H17BrO2/c1-7-5-8(2)12(15-4)10(6-7)11(14)9(3)13/h5-6,9,11,14H,1-4H3. The first kappa shape index (κ1) is 12.5. The zero-order valence-corrected chi connectivity index (χ0v) is 11.1. The first-order valence-corrected chi connectivity index (χ1v) is 5.86. The fourth-order valence-electron chi connectivity index (χ4n) is 1.73. The van der Waals surface area contributed by atoms with Crippen molar-refractivity contribution in [2.75, 3.05) is 7.11 Å². The van der Waals surface area contributed by atoms with Crippen molar-refractivity contribution in [2.24, 2.45) is 0 Å². The van der Waals surface area contributed by atoms with E-state index >= 15 is 0 Å². The lowest BCUT2D eigenvalue weighted by molar-refractivity contribution is 0.176. The molecule has 0 radical (unpaired) electrons. The average Bonchev–Trinajstić information content (AvgIpc) is 2.15. The molecule has 15 heavy (non-hydrogen) atoms. The second-order valence-electron chi connectivity index (χ2n) is 3.83. The summed E-state index contributed by atoms with van der Waals surface area (Å²) in [5.41, 5.74) is 3.04. The fourth-order valence-corrected chi connectivity index (χ4v) is 2.02. The van der Waals surface area contributed by atoms with E-state index in [2.05, 4.69) is 15.9 Å². The molecule has 0 saturated carbocycles. The molecule has 1 N–H and O–H groups in total. The molecule has 1 aromatic rings. The van der Waals surface area contributed by atoms with E-state index in [1.54, 1.807) is 7.11 Å². The van der Waals surface area contributed by atoms with Gasteiger partial charge in [-0.05, 0) is 32.4 Å². The van der Waals surface area contributed by atoms with Crippen molar-refractivity contribution in [1.29, 1.82) is 0 Å². The number of aliphatic hydroxyl groups is 1. The lowest BCUT2D eigenvalue weighted by Crippen LogP contribution is -2.10. The van der Waals surface area contributed by atoms with E-state index in [1.807, 2.05) is 32.9 Å². The minimum atomic E-state index is -0.543. The Hall–Kier alpha value is -0.540. The third kappa shape index (κ3) is 2.73. The zero-order chi connectivity index (χ0) is 11.6. The van der Waals surface area contributed by atoms with Gasteiger partial charge in [0.25, 0.3) is 0 Å². The van der Waals surface area contributed by atoms with Crippen molar-refractivity contribution in [2.45, 2.75) is 31.7 Å². The summed E-state index contributed by atoms with van der Waals surface area (Å²) in [4.78, 5) is 0.00704. The summed E-state index contributed by atoms with van der Waals surface area (Å²) in [6, 6.07) is 4.02. The molecule has 0 fully saturated rings. The summed E-state index contributed by atoms with van der Waals surface area (Å²) in [5.74, 6) is 0.777. The van der Waals surface area contributed by atoms with Gasteiger partial charge in [-0.1, -0.05) is 27.6 Å². The molecular formula is C12H17BrO2. The highest BCUT2D eigenvalue weighted by Gasteiger charge is 2.19. The summed E-state index contributed by atoms with van der Waals surface area (Å²) < 4.78 is 5.32. The lowest BCUT2D eigenvalue weighted by Gasteiger charge is -2.19. The largest absolute Gasteiger partial charge is 0.496 e. The molecule has 84 valence electrons. The van der Waals surface area contributed by atoms with Gasteiger partial charge in [-0.15, -0.1) is 0 Å². The minimum Gasteiger partial charge on any atom is -0.496 e. The van der Waals surface area contributed by atoms with Crippen LogP contribution in [0.3, 0.4) is 0 Å². The van der Waals surface area contributed by atoms with Crippen molar-refractivity contribution < 1.29 is 9.84 Å². The van der Waals surface area contributed by atoms with Gasteiger partial charge < -0.3 is 9.84 Å². The Morgan fingerprint density at radius 3 is 2.40 bits per heavy atom. The molecule has 0 saturated heterocycles. The number of aryl methyl sites for hydroxylation is 2. The molecule has 2 atom stereocenters. The van der Waals surface area contributed by atoms with E-state index in [1.165, 1.54) is 0 Å². The van der Waals surface area contributed by atoms with Gasteiger partial charge in [-0.25, -0.2) is 0 Å². The molecule has 2 nitrogen and oxygen atoms in total. The highest BCUT2D eigenvalue weighted by molar-refractivity contribution is 9.09. The van der Waals surface area contributed by atoms with Crippen molar-refractivity contribution >= 4 is 15.9 Å². The van der Waals surface area contributed by atoms with Gasteiger partial charge in [0.2, 0.25) is 0 Å². The second kappa shape index (κ2) is 4.99. The van der Waals surface area contributed by atoms with Crippen molar-refractivity contribution in [3.63, 3.8) is 0 Å². The van der Waals surface area contributed by atoms with Crippen LogP contribution >= 0.6 is 15.9 Å². The van der Waals surface area contributed by atoms with E-state index in [9.17, 15) is 5.11 Å². The van der Waals surface area contributed by atoms with Crippen molar-refractivity contribution in [3.05, 3.63) is 28.8 Å². The predicted octanol–water partition coefficient (Wildman–Crippen LogP) is 3.13. The van der Waals surface area contributed by atoms with Gasteiger partial charge in [0.05, 0.1) is 13.2 Å². The van der Waals surface area contributed by atoms with Crippen LogP contribution in [0, 0.1) is 13.8 Å². The number of alkyl halides is 1. The van der Waals surface area contributed by atoms with E-state index in [0.717, 1.165) is 22.4 Å². The van der Waals surface area contributed by atoms with Gasteiger partial charge in [-0.3, -0.25) is 0 Å². The molecule has 2 unspecified atom stereocenters. The first-order valence-electron chi connectivity index (χ1n) is 4.94. The Labute approximate surface area is 99.4 Å². The molecule has 1 aromatic carbocycles. The number of rotatable bonds is 3. The summed E-state index contributed by atoms with van der Waals surface area (Å²) in [6.07, 6.45) is -0.543. The number of hydrogen-bond donors (Lipinski definition) is 1. The topological polar surface area (TPSA) is 29.5 Å². The van der Waals surface area contributed by atoms with Gasteiger partial charge in [0, 0.05) is 10.4 Å². The number of aliphatic hydroxyl groups excluding tert-OH is 1. The normalized spacial score (nSPS) is 14.8. The molecule has 0 aliphatic carbocycles. The summed E-state index contributed by atoms with van der Waals surface area (Å²) in [6.45, 7) is 5.92. The van der Waals surface area contributed by atoms with Crippen LogP contribution in [0.1, 0.15) is 29.7 Å². The maximum absolute atomic E-state index is 10.0. The van der Waals surface area contributed by atoms with Gasteiger partial charge >= 0.3 is 0 Å². The maximum atomic E-state index is 10.0. The number of benzene rings is 1. The Balaban J connectivity index is 3.26. The van der Waals surface area contributed by atoms with E-state index in [-0.39, 0.29) is 4.83 Å². The lowest BCUT2D eigenvalue weighted by atomic mass is 10.00. The molecule has 0 heterocycles. The second-order valence-corrected chi connectivity index (χ2v) is 5.27. The highest BCUT2D eigenvalue weighted by Crippen LogP contribution is 2.33. The highest BCUT2D eigenvalue weighted by atomic mass is 79.9. The first-order chi connectivity index (χ1) is 6.97. The number of methoxy groups -OCH3 is 1. The molecule has 3 heteroatoms. The molecule has 1 rings (SSSR count). The third-order valence-corrected chi connectivity index (χ3v) is 2.91. The average molecular weight is 273 g/mol. The van der Waals surface area contributed by atoms with E-state index in [0.29, 0.717) is 0 Å². The van der Waals surface area contributed by atoms with Crippen LogP contribution in [0.25, 0.3) is 0 Å². The predicted molar refractivity (Wildman–Crippen MR) is 65.8 cm³/mol. The summed E-state index contributed by atoms with van der Waals surface area (Å²) in [5, 5.41) is 10.0. The van der Waals surface area contributed by atoms with Gasteiger partial charge in [0.1, 0.15) is 5.75 Å². The van der Waals surface area contributed by atoms with Crippen molar-refractivity contribution in [1.82, 2.24) is 0 Å². The molecule has 0 bridgehead atoms. The number of ether oxygens (including phenoxy) is 1. The number of hydrogen-bond acceptors (Lipinski definition) is 2. The molecule has 0 spiro atoms. The SMILES string of the molecule is COc1c(C)cc(C)cc1C(O)C(C)Br. The van der Waals surface area contributed by atoms with Crippen LogP contribution < -0.4 is 4.74 Å². The molecule has 0 aliphatic rings. The van der Waals surface area contributed by atoms with Gasteiger partial charge in [-0.2, -0.15) is 0 Å². The van der Waals surface area contributed by atoms with E-state index < -0.39 is 6.10 Å². The van der Waals surface area contributed by atoms with Crippen LogP contribution in [0.5, 0.6) is 5.75 Å². The molecule has 0 aliphatic heterocycles. The monoisotopic (exact) mass is 272 g/mol. The molecule has 0 amide bonds. The van der Waals surface area contributed by atoms with Crippen LogP contribution in [-0.2, 0) is 0 Å². The van der Waals surface area contributed by atoms with Crippen molar-refractivity contribution in [3.8, 4) is 5.75 Å². The van der Waals surface area contributed by atoms with Crippen LogP contribution in [-0.4, -0.2) is 17.0 Å². The quantitative estimate of drug-likeness (QED) is 0.857. The van der Waals surface area contributed by atoms with Gasteiger partial charge in [0.15, 0.2) is 0 Å². The maximum Gasteiger partial charge on any atom is 0.127 e. The van der Waals surface area contributed by atoms with Crippen LogP contribution in [0.15, 0.2) is 12.1 Å². The Kier molecular flexibility index (Phi) is 4.17. The Morgan fingerprint density at radius 1 is 1.33 bits per heavy atom. The number of halogens is 1. The summed E-state index contributed by atoms with van der Waals surface area (Å²) in [7, 11) is 1.63. The minimum absolute atomic E-state index is 0.00704. The Bertz CT molecular complexity index is 348. The zero-order valence-electron chi connectivity index (χ0n) is 9.54. The third-order valence-electron chi connectivity index (χ3n) is 2.41. The molecule has 0 aromatic heterocycles. The summed E-state index contributed by atoms with van der Waals surface area (Å²) >= 11 is 3.38. The van der Waals surface area contributed by atoms with E-state index in [4.69, 9.17) is 4.74 Å². The van der Waals surface area contributed by atoms with Crippen LogP contribution in [0.4, 0.5) is 0 Å². The smallest absolute Gasteiger partial charge is 0.127 e. The fraction of sp³-hybridized carbons (Fsp3) is 0.500. The Morgan fingerprint density at radius 2 is 1.93 bits per heavy atom. The molecular weight excluding hydrogens is 256 g/mol.